The topological polar surface area (TPSA) is 69.6 Å². The second-order valence-electron chi connectivity index (χ2n) is 13.0. The third-order valence-corrected chi connectivity index (χ3v) is 8.68. The van der Waals surface area contributed by atoms with Crippen molar-refractivity contribution >= 4 is 5.91 Å². The first-order chi connectivity index (χ1) is 21.2. The lowest BCUT2D eigenvalue weighted by Gasteiger charge is -2.20. The highest BCUT2D eigenvalue weighted by atomic mass is 16.3. The summed E-state index contributed by atoms with van der Waals surface area (Å²) in [4.78, 5) is 12.3. The lowest BCUT2D eigenvalue weighted by Crippen LogP contribution is -2.45. The molecular weight excluding hydrogens is 530 g/mol. The zero-order chi connectivity index (χ0) is 31.5. The van der Waals surface area contributed by atoms with E-state index in [1.54, 1.807) is 6.08 Å². The maximum atomic E-state index is 12.3. The van der Waals surface area contributed by atoms with Crippen LogP contribution in [0.3, 0.4) is 0 Å². The monoisotopic (exact) mass is 606 g/mol. The van der Waals surface area contributed by atoms with Crippen molar-refractivity contribution in [3.8, 4) is 0 Å². The molecule has 0 spiro atoms. The number of hydrogen-bond acceptors (Lipinski definition) is 3. The molecule has 0 aromatic heterocycles. The van der Waals surface area contributed by atoms with Gasteiger partial charge in [-0.25, -0.2) is 0 Å². The molecule has 0 fully saturated rings. The molecule has 0 bridgehead atoms. The van der Waals surface area contributed by atoms with Gasteiger partial charge in [0.1, 0.15) is 0 Å². The number of allylic oxidation sites excluding steroid dienone is 3. The molecular formula is C39H75NO3. The molecule has 0 radical (unpaired) electrons. The Morgan fingerprint density at radius 1 is 0.535 bits per heavy atom. The van der Waals surface area contributed by atoms with E-state index in [-0.39, 0.29) is 12.5 Å². The number of rotatable bonds is 34. The Labute approximate surface area is 269 Å². The van der Waals surface area contributed by atoms with Crippen LogP contribution in [0.15, 0.2) is 24.3 Å². The molecule has 4 nitrogen and oxygen atoms in total. The summed E-state index contributed by atoms with van der Waals surface area (Å²) in [5, 5.41) is 22.8. The quantitative estimate of drug-likeness (QED) is 0.0505. The van der Waals surface area contributed by atoms with E-state index in [1.807, 2.05) is 6.08 Å². The molecule has 0 aliphatic carbocycles. The summed E-state index contributed by atoms with van der Waals surface area (Å²) >= 11 is 0. The lowest BCUT2D eigenvalue weighted by atomic mass is 10.0. The van der Waals surface area contributed by atoms with E-state index in [0.29, 0.717) is 6.42 Å². The molecule has 0 heterocycles. The number of unbranched alkanes of at least 4 members (excludes halogenated alkanes) is 25. The molecule has 2 atom stereocenters. The molecule has 2 unspecified atom stereocenters. The lowest BCUT2D eigenvalue weighted by molar-refractivity contribution is -0.123. The number of nitrogens with one attached hydrogen (secondary N) is 1. The first-order valence-electron chi connectivity index (χ1n) is 19.1. The molecule has 4 heteroatoms. The van der Waals surface area contributed by atoms with Gasteiger partial charge in [0.15, 0.2) is 0 Å². The van der Waals surface area contributed by atoms with E-state index in [1.165, 1.54) is 154 Å². The number of hydrogen-bond donors (Lipinski definition) is 3. The Bertz CT molecular complexity index is 618. The standard InChI is InChI=1S/C39H75NO3/c1-3-5-7-9-11-13-14-15-16-17-18-19-20-21-22-23-24-25-26-27-29-31-33-35-39(43)40-37(36-41)38(42)34-32-30-28-12-10-8-6-4-2/h17-18,32,34,37-38,41-42H,3-16,19-31,33,35-36H2,1-2H3,(H,40,43)/b18-17-,34-32+. The second-order valence-corrected chi connectivity index (χ2v) is 13.0. The molecule has 0 aliphatic rings. The highest BCUT2D eigenvalue weighted by Crippen LogP contribution is 2.14. The summed E-state index contributed by atoms with van der Waals surface area (Å²) in [5.41, 5.74) is 0. The third-order valence-electron chi connectivity index (χ3n) is 8.68. The summed E-state index contributed by atoms with van der Waals surface area (Å²) in [5.74, 6) is -0.0681. The summed E-state index contributed by atoms with van der Waals surface area (Å²) in [6.45, 7) is 4.26. The summed E-state index contributed by atoms with van der Waals surface area (Å²) < 4.78 is 0. The van der Waals surface area contributed by atoms with Gasteiger partial charge in [-0.05, 0) is 44.9 Å². The largest absolute Gasteiger partial charge is 0.394 e. The minimum Gasteiger partial charge on any atom is -0.394 e. The molecule has 0 aromatic carbocycles. The fourth-order valence-electron chi connectivity index (χ4n) is 5.70. The van der Waals surface area contributed by atoms with Crippen LogP contribution in [0.4, 0.5) is 0 Å². The normalized spacial score (nSPS) is 13.3. The van der Waals surface area contributed by atoms with Crippen LogP contribution in [0.1, 0.15) is 200 Å². The van der Waals surface area contributed by atoms with Gasteiger partial charge in [-0.15, -0.1) is 0 Å². The second kappa shape index (κ2) is 35.4. The molecule has 0 saturated heterocycles. The highest BCUT2D eigenvalue weighted by molar-refractivity contribution is 5.76. The van der Waals surface area contributed by atoms with E-state index < -0.39 is 12.1 Å². The van der Waals surface area contributed by atoms with Crippen LogP contribution < -0.4 is 5.32 Å². The van der Waals surface area contributed by atoms with Gasteiger partial charge in [-0.2, -0.15) is 0 Å². The molecule has 3 N–H and O–H groups in total. The van der Waals surface area contributed by atoms with E-state index in [9.17, 15) is 15.0 Å². The molecule has 1 amide bonds. The Hall–Kier alpha value is -1.13. The molecule has 254 valence electrons. The van der Waals surface area contributed by atoms with Crippen LogP contribution in [-0.4, -0.2) is 34.9 Å². The van der Waals surface area contributed by atoms with Crippen molar-refractivity contribution in [3.05, 3.63) is 24.3 Å². The first kappa shape index (κ1) is 41.9. The number of amides is 1. The fraction of sp³-hybridized carbons (Fsp3) is 0.872. The summed E-state index contributed by atoms with van der Waals surface area (Å²) in [6.07, 6.45) is 44.2. The van der Waals surface area contributed by atoms with E-state index in [2.05, 4.69) is 31.3 Å². The molecule has 0 rings (SSSR count). The van der Waals surface area contributed by atoms with Crippen molar-refractivity contribution in [3.63, 3.8) is 0 Å². The van der Waals surface area contributed by atoms with E-state index in [0.717, 1.165) is 25.7 Å². The Balaban J connectivity index is 3.49. The van der Waals surface area contributed by atoms with Gasteiger partial charge in [0, 0.05) is 6.42 Å². The van der Waals surface area contributed by atoms with Crippen LogP contribution in [0.5, 0.6) is 0 Å². The predicted molar refractivity (Wildman–Crippen MR) is 189 cm³/mol. The summed E-state index contributed by atoms with van der Waals surface area (Å²) in [6, 6.07) is -0.616. The number of aliphatic hydroxyl groups excluding tert-OH is 2. The van der Waals surface area contributed by atoms with Crippen molar-refractivity contribution in [1.82, 2.24) is 5.32 Å². The SMILES string of the molecule is CCCCCCCC/C=C/C(O)C(CO)NC(=O)CCCCCCCCCCCCC/C=C\CCCCCCCCCC. The average molecular weight is 606 g/mol. The zero-order valence-corrected chi connectivity index (χ0v) is 29.0. The van der Waals surface area contributed by atoms with Crippen LogP contribution in [-0.2, 0) is 4.79 Å². The van der Waals surface area contributed by atoms with Crippen molar-refractivity contribution in [2.45, 2.75) is 212 Å². The van der Waals surface area contributed by atoms with Gasteiger partial charge in [-0.1, -0.05) is 173 Å². The predicted octanol–water partition coefficient (Wildman–Crippen LogP) is 11.3. The number of carbonyl (C=O) groups excluding carboxylic acids is 1. The van der Waals surface area contributed by atoms with Crippen LogP contribution in [0.25, 0.3) is 0 Å². The van der Waals surface area contributed by atoms with Gasteiger partial charge in [0.05, 0.1) is 18.8 Å². The van der Waals surface area contributed by atoms with Gasteiger partial charge in [0.25, 0.3) is 0 Å². The Morgan fingerprint density at radius 2 is 0.884 bits per heavy atom. The van der Waals surface area contributed by atoms with Crippen molar-refractivity contribution < 1.29 is 15.0 Å². The van der Waals surface area contributed by atoms with Gasteiger partial charge in [-0.3, -0.25) is 4.79 Å². The minimum absolute atomic E-state index is 0.0681. The van der Waals surface area contributed by atoms with Crippen molar-refractivity contribution in [1.29, 1.82) is 0 Å². The smallest absolute Gasteiger partial charge is 0.220 e. The van der Waals surface area contributed by atoms with Crippen molar-refractivity contribution in [2.24, 2.45) is 0 Å². The van der Waals surface area contributed by atoms with Crippen LogP contribution >= 0.6 is 0 Å². The first-order valence-corrected chi connectivity index (χ1v) is 19.1. The van der Waals surface area contributed by atoms with Gasteiger partial charge in [0.2, 0.25) is 5.91 Å². The maximum Gasteiger partial charge on any atom is 0.220 e. The molecule has 0 aliphatic heterocycles. The third kappa shape index (κ3) is 32.1. The fourth-order valence-corrected chi connectivity index (χ4v) is 5.70. The molecule has 0 saturated carbocycles. The summed E-state index contributed by atoms with van der Waals surface area (Å²) in [7, 11) is 0. The van der Waals surface area contributed by atoms with Crippen LogP contribution in [0.2, 0.25) is 0 Å². The van der Waals surface area contributed by atoms with E-state index in [4.69, 9.17) is 0 Å². The Morgan fingerprint density at radius 3 is 1.28 bits per heavy atom. The maximum absolute atomic E-state index is 12.3. The zero-order valence-electron chi connectivity index (χ0n) is 29.0. The van der Waals surface area contributed by atoms with E-state index >= 15 is 0 Å². The number of aliphatic hydroxyl groups is 2. The van der Waals surface area contributed by atoms with Crippen LogP contribution in [0, 0.1) is 0 Å². The Kier molecular flexibility index (Phi) is 34.4. The number of carbonyl (C=O) groups is 1. The molecule has 43 heavy (non-hydrogen) atoms. The molecule has 0 aromatic rings. The van der Waals surface area contributed by atoms with Gasteiger partial charge < -0.3 is 15.5 Å². The van der Waals surface area contributed by atoms with Crippen molar-refractivity contribution in [2.75, 3.05) is 6.61 Å². The van der Waals surface area contributed by atoms with Gasteiger partial charge >= 0.3 is 0 Å². The highest BCUT2D eigenvalue weighted by Gasteiger charge is 2.17. The average Bonchev–Trinajstić information content (AvgIpc) is 3.01. The minimum atomic E-state index is -0.833.